The first-order valence-electron chi connectivity index (χ1n) is 10.1. The second kappa shape index (κ2) is 10.7. The van der Waals surface area contributed by atoms with Crippen molar-refractivity contribution in [3.05, 3.63) is 82.9 Å². The smallest absolute Gasteiger partial charge is 0.243 e. The summed E-state index contributed by atoms with van der Waals surface area (Å²) in [6.45, 7) is 1.75. The summed E-state index contributed by atoms with van der Waals surface area (Å²) in [6.07, 6.45) is 0.143. The van der Waals surface area contributed by atoms with E-state index in [0.717, 1.165) is 5.56 Å². The number of sulfonamides is 1. The maximum absolute atomic E-state index is 13.2. The van der Waals surface area contributed by atoms with Crippen molar-refractivity contribution in [1.82, 2.24) is 4.72 Å². The molecule has 0 fully saturated rings. The lowest BCUT2D eigenvalue weighted by atomic mass is 10.1. The fourth-order valence-electron chi connectivity index (χ4n) is 3.31. The summed E-state index contributed by atoms with van der Waals surface area (Å²) in [5.74, 6) is 0.425. The number of benzene rings is 3. The van der Waals surface area contributed by atoms with Gasteiger partial charge in [0, 0.05) is 5.02 Å². The molecule has 1 amide bonds. The molecule has 0 aliphatic carbocycles. The van der Waals surface area contributed by atoms with Gasteiger partial charge in [0.25, 0.3) is 0 Å². The van der Waals surface area contributed by atoms with Gasteiger partial charge in [0.05, 0.1) is 24.8 Å². The minimum atomic E-state index is -4.01. The predicted molar refractivity (Wildman–Crippen MR) is 129 cm³/mol. The molecule has 174 valence electrons. The highest BCUT2D eigenvalue weighted by molar-refractivity contribution is 7.89. The Balaban J connectivity index is 1.92. The Morgan fingerprint density at radius 1 is 0.970 bits per heavy atom. The highest BCUT2D eigenvalue weighted by atomic mass is 35.5. The molecule has 3 rings (SSSR count). The van der Waals surface area contributed by atoms with Crippen molar-refractivity contribution >= 4 is 33.2 Å². The number of amides is 1. The quantitative estimate of drug-likeness (QED) is 0.471. The second-order valence-electron chi connectivity index (χ2n) is 7.33. The normalized spacial score (nSPS) is 12.1. The van der Waals surface area contributed by atoms with Gasteiger partial charge in [0.15, 0.2) is 0 Å². The van der Waals surface area contributed by atoms with E-state index < -0.39 is 22.0 Å². The first-order valence-corrected chi connectivity index (χ1v) is 11.9. The fraction of sp³-hybridized carbons (Fsp3) is 0.208. The zero-order valence-electron chi connectivity index (χ0n) is 18.5. The van der Waals surface area contributed by atoms with Gasteiger partial charge in [-0.05, 0) is 60.9 Å². The van der Waals surface area contributed by atoms with Crippen molar-refractivity contribution in [2.45, 2.75) is 24.3 Å². The Bertz CT molecular complexity index is 1230. The first-order chi connectivity index (χ1) is 15.7. The minimum Gasteiger partial charge on any atom is -0.496 e. The molecule has 0 aliphatic rings. The molecule has 1 atom stereocenters. The number of rotatable bonds is 9. The number of anilines is 1. The minimum absolute atomic E-state index is 0.0343. The molecular formula is C24H25ClN2O5S. The molecule has 0 radical (unpaired) electrons. The Morgan fingerprint density at radius 3 is 2.27 bits per heavy atom. The van der Waals surface area contributed by atoms with Crippen LogP contribution in [0.3, 0.4) is 0 Å². The summed E-state index contributed by atoms with van der Waals surface area (Å²) in [6, 6.07) is 17.4. The van der Waals surface area contributed by atoms with Crippen LogP contribution in [-0.4, -0.2) is 34.6 Å². The Hall–Kier alpha value is -3.07. The van der Waals surface area contributed by atoms with Crippen LogP contribution in [0.5, 0.6) is 11.5 Å². The maximum Gasteiger partial charge on any atom is 0.243 e. The molecule has 0 saturated carbocycles. The summed E-state index contributed by atoms with van der Waals surface area (Å²) in [7, 11) is -1.03. The lowest BCUT2D eigenvalue weighted by molar-refractivity contribution is -0.117. The number of hydrogen-bond donors (Lipinski definition) is 2. The molecule has 0 aromatic heterocycles. The molecule has 0 spiro atoms. The molecule has 0 aliphatic heterocycles. The van der Waals surface area contributed by atoms with Crippen molar-refractivity contribution in [3.63, 3.8) is 0 Å². The fourth-order valence-corrected chi connectivity index (χ4v) is 4.76. The van der Waals surface area contributed by atoms with Crippen molar-refractivity contribution in [1.29, 1.82) is 0 Å². The van der Waals surface area contributed by atoms with Gasteiger partial charge in [-0.15, -0.1) is 0 Å². The third kappa shape index (κ3) is 6.25. The van der Waals surface area contributed by atoms with Crippen molar-refractivity contribution < 1.29 is 22.7 Å². The van der Waals surface area contributed by atoms with E-state index in [1.54, 1.807) is 31.2 Å². The number of carbonyl (C=O) groups is 1. The topological polar surface area (TPSA) is 93.7 Å². The monoisotopic (exact) mass is 488 g/mol. The Labute approximate surface area is 198 Å². The lowest BCUT2D eigenvalue weighted by Crippen LogP contribution is -2.45. The van der Waals surface area contributed by atoms with Gasteiger partial charge in [-0.1, -0.05) is 41.9 Å². The van der Waals surface area contributed by atoms with Crippen LogP contribution < -0.4 is 19.5 Å². The van der Waals surface area contributed by atoms with E-state index in [0.29, 0.717) is 27.8 Å². The van der Waals surface area contributed by atoms with Crippen LogP contribution in [0.1, 0.15) is 11.1 Å². The molecule has 0 heterocycles. The van der Waals surface area contributed by atoms with E-state index in [1.807, 2.05) is 30.3 Å². The van der Waals surface area contributed by atoms with E-state index in [2.05, 4.69) is 10.0 Å². The van der Waals surface area contributed by atoms with Gasteiger partial charge in [-0.3, -0.25) is 4.79 Å². The van der Waals surface area contributed by atoms with Gasteiger partial charge in [0.1, 0.15) is 17.5 Å². The average Bonchev–Trinajstić information content (AvgIpc) is 2.79. The van der Waals surface area contributed by atoms with Crippen molar-refractivity contribution in [2.24, 2.45) is 0 Å². The van der Waals surface area contributed by atoms with Crippen LogP contribution in [0, 0.1) is 6.92 Å². The number of nitrogens with one attached hydrogen (secondary N) is 2. The summed E-state index contributed by atoms with van der Waals surface area (Å²) in [5.41, 5.74) is 1.80. The van der Waals surface area contributed by atoms with Gasteiger partial charge in [-0.2, -0.15) is 4.72 Å². The van der Waals surface area contributed by atoms with Gasteiger partial charge >= 0.3 is 0 Å². The van der Waals surface area contributed by atoms with Crippen LogP contribution in [0.25, 0.3) is 0 Å². The molecule has 7 nitrogen and oxygen atoms in total. The standard InChI is InChI=1S/C24H25ClN2O5S/c1-16-13-19(10-12-22(16)31-2)33(29,30)27-21(14-17-7-5-4-6-8-17)24(28)26-20-15-18(25)9-11-23(20)32-3/h4-13,15,21,27H,14H2,1-3H3,(H,26,28). The first kappa shape index (κ1) is 24.6. The van der Waals surface area contributed by atoms with E-state index >= 15 is 0 Å². The maximum atomic E-state index is 13.2. The SMILES string of the molecule is COc1ccc(S(=O)(=O)NC(Cc2ccccc2)C(=O)Nc2cc(Cl)ccc2OC)cc1C. The number of halogens is 1. The summed E-state index contributed by atoms with van der Waals surface area (Å²) in [4.78, 5) is 13.3. The highest BCUT2D eigenvalue weighted by Crippen LogP contribution is 2.28. The predicted octanol–water partition coefficient (Wildman–Crippen LogP) is 4.19. The van der Waals surface area contributed by atoms with Crippen LogP contribution in [0.15, 0.2) is 71.6 Å². The highest BCUT2D eigenvalue weighted by Gasteiger charge is 2.27. The van der Waals surface area contributed by atoms with Gasteiger partial charge in [-0.25, -0.2) is 8.42 Å². The summed E-state index contributed by atoms with van der Waals surface area (Å²) >= 11 is 6.06. The lowest BCUT2D eigenvalue weighted by Gasteiger charge is -2.20. The summed E-state index contributed by atoms with van der Waals surface area (Å²) in [5, 5.41) is 3.13. The molecule has 0 bridgehead atoms. The number of carbonyl (C=O) groups excluding carboxylic acids is 1. The largest absolute Gasteiger partial charge is 0.496 e. The zero-order valence-corrected chi connectivity index (χ0v) is 20.0. The van der Waals surface area contributed by atoms with Crippen LogP contribution >= 0.6 is 11.6 Å². The third-order valence-electron chi connectivity index (χ3n) is 4.99. The number of aryl methyl sites for hydroxylation is 1. The molecule has 1 unspecified atom stereocenters. The molecule has 0 saturated heterocycles. The summed E-state index contributed by atoms with van der Waals surface area (Å²) < 4.78 is 39.3. The third-order valence-corrected chi connectivity index (χ3v) is 6.70. The Morgan fingerprint density at radius 2 is 1.64 bits per heavy atom. The Kier molecular flexibility index (Phi) is 7.97. The average molecular weight is 489 g/mol. The van der Waals surface area contributed by atoms with Crippen molar-refractivity contribution in [3.8, 4) is 11.5 Å². The number of methoxy groups -OCH3 is 2. The molecule has 3 aromatic rings. The van der Waals surface area contributed by atoms with E-state index in [-0.39, 0.29) is 11.3 Å². The van der Waals surface area contributed by atoms with Gasteiger partial charge < -0.3 is 14.8 Å². The molecule has 2 N–H and O–H groups in total. The van der Waals surface area contributed by atoms with E-state index in [9.17, 15) is 13.2 Å². The number of hydrogen-bond acceptors (Lipinski definition) is 5. The van der Waals surface area contributed by atoms with Crippen LogP contribution in [-0.2, 0) is 21.2 Å². The molecule has 3 aromatic carbocycles. The van der Waals surface area contributed by atoms with E-state index in [1.165, 1.54) is 26.4 Å². The second-order valence-corrected chi connectivity index (χ2v) is 9.48. The molecule has 9 heteroatoms. The zero-order chi connectivity index (χ0) is 24.0. The van der Waals surface area contributed by atoms with Crippen LogP contribution in [0.4, 0.5) is 5.69 Å². The molecule has 33 heavy (non-hydrogen) atoms. The van der Waals surface area contributed by atoms with Gasteiger partial charge in [0.2, 0.25) is 15.9 Å². The van der Waals surface area contributed by atoms with E-state index in [4.69, 9.17) is 21.1 Å². The molecular weight excluding hydrogens is 464 g/mol. The van der Waals surface area contributed by atoms with Crippen LogP contribution in [0.2, 0.25) is 5.02 Å². The van der Waals surface area contributed by atoms with Crippen molar-refractivity contribution in [2.75, 3.05) is 19.5 Å². The number of ether oxygens (including phenoxy) is 2.